The molecule has 0 N–H and O–H groups in total. The zero-order valence-corrected chi connectivity index (χ0v) is 10.6. The number of rotatable bonds is 5. The average molecular weight is 235 g/mol. The maximum Gasteiger partial charge on any atom is 0.193 e. The summed E-state index contributed by atoms with van der Waals surface area (Å²) in [5, 5.41) is 3.06. The van der Waals surface area contributed by atoms with Crippen LogP contribution in [0.3, 0.4) is 0 Å². The lowest BCUT2D eigenvalue weighted by Gasteiger charge is -2.18. The molecule has 16 heavy (non-hydrogen) atoms. The lowest BCUT2D eigenvalue weighted by molar-refractivity contribution is 0.290. The third-order valence-corrected chi connectivity index (χ3v) is 3.51. The van der Waals surface area contributed by atoms with Crippen LogP contribution >= 0.6 is 11.3 Å². The predicted molar refractivity (Wildman–Crippen MR) is 68.1 cm³/mol. The Bertz CT molecular complexity index is 415. The molecular weight excluding hydrogens is 218 g/mol. The monoisotopic (exact) mass is 235 g/mol. The van der Waals surface area contributed by atoms with Crippen LogP contribution in [0.25, 0.3) is 5.13 Å². The van der Waals surface area contributed by atoms with Crippen LogP contribution in [-0.4, -0.2) is 27.5 Å². The van der Waals surface area contributed by atoms with Crippen molar-refractivity contribution < 1.29 is 0 Å². The van der Waals surface area contributed by atoms with Crippen molar-refractivity contribution in [1.82, 2.24) is 14.5 Å². The molecule has 2 rings (SSSR count). The van der Waals surface area contributed by atoms with Crippen LogP contribution in [0.5, 0.6) is 0 Å². The molecule has 2 aromatic heterocycles. The number of hydrogen-bond donors (Lipinski definition) is 0. The first-order valence-electron chi connectivity index (χ1n) is 5.63. The molecular formula is C12H17N3S. The second-order valence-corrected chi connectivity index (χ2v) is 4.52. The molecule has 0 bridgehead atoms. The van der Waals surface area contributed by atoms with Gasteiger partial charge in [-0.1, -0.05) is 13.8 Å². The molecule has 0 aliphatic carbocycles. The van der Waals surface area contributed by atoms with Gasteiger partial charge >= 0.3 is 0 Å². The molecule has 0 radical (unpaired) electrons. The van der Waals surface area contributed by atoms with Crippen molar-refractivity contribution in [1.29, 1.82) is 0 Å². The van der Waals surface area contributed by atoms with E-state index in [9.17, 15) is 0 Å². The van der Waals surface area contributed by atoms with E-state index in [1.54, 1.807) is 11.3 Å². The van der Waals surface area contributed by atoms with Crippen LogP contribution in [0.1, 0.15) is 19.5 Å². The lowest BCUT2D eigenvalue weighted by Crippen LogP contribution is -2.23. The van der Waals surface area contributed by atoms with E-state index in [-0.39, 0.29) is 0 Å². The van der Waals surface area contributed by atoms with Crippen molar-refractivity contribution >= 4 is 11.3 Å². The Morgan fingerprint density at radius 1 is 1.38 bits per heavy atom. The smallest absolute Gasteiger partial charge is 0.193 e. The summed E-state index contributed by atoms with van der Waals surface area (Å²) in [5.74, 6) is 0. The van der Waals surface area contributed by atoms with Gasteiger partial charge in [0.05, 0.1) is 0 Å². The van der Waals surface area contributed by atoms with Gasteiger partial charge in [0.25, 0.3) is 0 Å². The van der Waals surface area contributed by atoms with Crippen LogP contribution in [0.2, 0.25) is 0 Å². The van der Waals surface area contributed by atoms with E-state index >= 15 is 0 Å². The summed E-state index contributed by atoms with van der Waals surface area (Å²) >= 11 is 1.67. The van der Waals surface area contributed by atoms with Crippen molar-refractivity contribution in [3.8, 4) is 5.13 Å². The summed E-state index contributed by atoms with van der Waals surface area (Å²) in [7, 11) is 0. The Labute approximate surface area is 100 Å². The molecule has 0 amide bonds. The van der Waals surface area contributed by atoms with Gasteiger partial charge in [0.15, 0.2) is 5.13 Å². The zero-order chi connectivity index (χ0) is 11.4. The number of hydrogen-bond acceptors (Lipinski definition) is 3. The Morgan fingerprint density at radius 3 is 2.81 bits per heavy atom. The molecule has 86 valence electrons. The summed E-state index contributed by atoms with van der Waals surface area (Å²) in [6, 6.07) is 4.25. The van der Waals surface area contributed by atoms with E-state index in [2.05, 4.69) is 46.6 Å². The first kappa shape index (κ1) is 11.4. The molecule has 0 unspecified atom stereocenters. The fourth-order valence-electron chi connectivity index (χ4n) is 1.74. The summed E-state index contributed by atoms with van der Waals surface area (Å²) in [5.41, 5.74) is 1.30. The van der Waals surface area contributed by atoms with E-state index in [1.807, 2.05) is 11.6 Å². The molecule has 0 aliphatic rings. The van der Waals surface area contributed by atoms with Crippen molar-refractivity contribution in [3.63, 3.8) is 0 Å². The molecule has 0 aliphatic heterocycles. The minimum Gasteiger partial charge on any atom is -0.298 e. The van der Waals surface area contributed by atoms with Crippen LogP contribution in [0, 0.1) is 0 Å². The quantitative estimate of drug-likeness (QED) is 0.794. The fourth-order valence-corrected chi connectivity index (χ4v) is 2.40. The van der Waals surface area contributed by atoms with E-state index in [1.165, 1.54) is 5.69 Å². The van der Waals surface area contributed by atoms with E-state index in [0.717, 1.165) is 24.8 Å². The fraction of sp³-hybridized carbons (Fsp3) is 0.417. The molecule has 0 saturated carbocycles. The molecule has 4 heteroatoms. The van der Waals surface area contributed by atoms with Gasteiger partial charge in [-0.2, -0.15) is 0 Å². The van der Waals surface area contributed by atoms with Crippen molar-refractivity contribution in [3.05, 3.63) is 35.6 Å². The lowest BCUT2D eigenvalue weighted by atomic mass is 10.3. The van der Waals surface area contributed by atoms with Gasteiger partial charge < -0.3 is 0 Å². The van der Waals surface area contributed by atoms with Crippen molar-refractivity contribution in [2.45, 2.75) is 20.4 Å². The number of aromatic nitrogens is 2. The maximum atomic E-state index is 4.34. The average Bonchev–Trinajstić information content (AvgIpc) is 2.95. The van der Waals surface area contributed by atoms with E-state index in [0.29, 0.717) is 0 Å². The van der Waals surface area contributed by atoms with E-state index in [4.69, 9.17) is 0 Å². The molecule has 3 nitrogen and oxygen atoms in total. The minimum atomic E-state index is 0.986. The van der Waals surface area contributed by atoms with Gasteiger partial charge in [-0.15, -0.1) is 11.3 Å². The molecule has 0 aromatic carbocycles. The van der Waals surface area contributed by atoms with Crippen LogP contribution in [0.4, 0.5) is 0 Å². The molecule has 2 aromatic rings. The minimum absolute atomic E-state index is 0.986. The second kappa shape index (κ2) is 5.27. The highest BCUT2D eigenvalue weighted by Crippen LogP contribution is 2.16. The van der Waals surface area contributed by atoms with E-state index < -0.39 is 0 Å². The third-order valence-electron chi connectivity index (χ3n) is 2.74. The first-order valence-corrected chi connectivity index (χ1v) is 6.51. The summed E-state index contributed by atoms with van der Waals surface area (Å²) in [6.07, 6.45) is 3.93. The number of thiazole rings is 1. The molecule has 2 heterocycles. The largest absolute Gasteiger partial charge is 0.298 e. The van der Waals surface area contributed by atoms with Gasteiger partial charge in [-0.05, 0) is 25.2 Å². The van der Waals surface area contributed by atoms with Crippen molar-refractivity contribution in [2.24, 2.45) is 0 Å². The highest BCUT2D eigenvalue weighted by Gasteiger charge is 2.08. The van der Waals surface area contributed by atoms with Gasteiger partial charge in [-0.3, -0.25) is 9.47 Å². The number of nitrogens with zero attached hydrogens (tertiary/aromatic N) is 3. The molecule has 0 spiro atoms. The van der Waals surface area contributed by atoms with Gasteiger partial charge in [0.2, 0.25) is 0 Å². The molecule has 0 atom stereocenters. The SMILES string of the molecule is CCN(CC)Cc1cccn1-c1nccs1. The highest BCUT2D eigenvalue weighted by atomic mass is 32.1. The Morgan fingerprint density at radius 2 is 2.19 bits per heavy atom. The predicted octanol–water partition coefficient (Wildman–Crippen LogP) is 2.78. The van der Waals surface area contributed by atoms with Gasteiger partial charge in [0.1, 0.15) is 0 Å². The van der Waals surface area contributed by atoms with Gasteiger partial charge in [0, 0.05) is 30.0 Å². The highest BCUT2D eigenvalue weighted by molar-refractivity contribution is 7.12. The summed E-state index contributed by atoms with van der Waals surface area (Å²) in [4.78, 5) is 6.74. The van der Waals surface area contributed by atoms with Gasteiger partial charge in [-0.25, -0.2) is 4.98 Å². The first-order chi connectivity index (χ1) is 7.85. The Kier molecular flexibility index (Phi) is 3.74. The molecule has 0 fully saturated rings. The summed E-state index contributed by atoms with van der Waals surface area (Å²) in [6.45, 7) is 7.54. The normalized spacial score (nSPS) is 11.2. The Hall–Kier alpha value is -1.13. The topological polar surface area (TPSA) is 21.1 Å². The zero-order valence-electron chi connectivity index (χ0n) is 9.76. The summed E-state index contributed by atoms with van der Waals surface area (Å²) < 4.78 is 2.17. The van der Waals surface area contributed by atoms with Crippen LogP contribution in [-0.2, 0) is 6.54 Å². The second-order valence-electron chi connectivity index (χ2n) is 3.65. The third kappa shape index (κ3) is 2.33. The Balaban J connectivity index is 2.19. The molecule has 0 saturated heterocycles. The standard InChI is InChI=1S/C12H17N3S/c1-3-14(4-2)10-11-6-5-8-15(11)12-13-7-9-16-12/h5-9H,3-4,10H2,1-2H3. The maximum absolute atomic E-state index is 4.34. The van der Waals surface area contributed by atoms with Crippen LogP contribution in [0.15, 0.2) is 29.9 Å². The van der Waals surface area contributed by atoms with Crippen LogP contribution < -0.4 is 0 Å². The van der Waals surface area contributed by atoms with Crippen molar-refractivity contribution in [2.75, 3.05) is 13.1 Å².